The van der Waals surface area contributed by atoms with Crippen LogP contribution in [0.25, 0.3) is 0 Å². The van der Waals surface area contributed by atoms with Crippen LogP contribution in [0.3, 0.4) is 0 Å². The molecular formula is C14H12FNOS. The smallest absolute Gasteiger partial charge is 0.123 e. The average Bonchev–Trinajstić information content (AvgIpc) is 2.41. The van der Waals surface area contributed by atoms with E-state index >= 15 is 0 Å². The predicted octanol–water partition coefficient (Wildman–Crippen LogP) is 3.62. The molecule has 0 aliphatic carbocycles. The normalized spacial score (nSPS) is 9.89. The van der Waals surface area contributed by atoms with Crippen LogP contribution in [-0.4, -0.2) is 12.1 Å². The Kier molecular flexibility index (Phi) is 3.89. The van der Waals surface area contributed by atoms with Gasteiger partial charge >= 0.3 is 0 Å². The lowest BCUT2D eigenvalue weighted by atomic mass is 10.2. The number of ether oxygens (including phenoxy) is 1. The van der Waals surface area contributed by atoms with Gasteiger partial charge in [0.1, 0.15) is 16.6 Å². The van der Waals surface area contributed by atoms with Crippen LogP contribution in [0.2, 0.25) is 0 Å². The summed E-state index contributed by atoms with van der Waals surface area (Å²) in [5.74, 6) is 0.476. The minimum absolute atomic E-state index is 0.271. The van der Waals surface area contributed by atoms with Gasteiger partial charge in [-0.2, -0.15) is 0 Å². The molecule has 0 amide bonds. The molecule has 0 heterocycles. The topological polar surface area (TPSA) is 21.3 Å². The second kappa shape index (κ2) is 5.60. The number of rotatable bonds is 3. The number of thiocarbonyl (C=S) groups is 1. The highest BCUT2D eigenvalue weighted by molar-refractivity contribution is 7.81. The molecule has 0 fully saturated rings. The van der Waals surface area contributed by atoms with Crippen LogP contribution in [0.15, 0.2) is 48.5 Å². The molecule has 0 aromatic heterocycles. The molecule has 92 valence electrons. The predicted molar refractivity (Wildman–Crippen MR) is 74.7 cm³/mol. The van der Waals surface area contributed by atoms with Crippen LogP contribution >= 0.6 is 12.2 Å². The Labute approximate surface area is 110 Å². The van der Waals surface area contributed by atoms with Crippen molar-refractivity contribution in [1.82, 2.24) is 0 Å². The van der Waals surface area contributed by atoms with Gasteiger partial charge in [0.2, 0.25) is 0 Å². The molecule has 0 bridgehead atoms. The van der Waals surface area contributed by atoms with Gasteiger partial charge in [-0.1, -0.05) is 24.4 Å². The first-order chi connectivity index (χ1) is 8.69. The second-order valence-corrected chi connectivity index (χ2v) is 4.10. The monoisotopic (exact) mass is 261 g/mol. The Bertz CT molecular complexity index is 554. The van der Waals surface area contributed by atoms with Crippen molar-refractivity contribution in [2.75, 3.05) is 12.4 Å². The summed E-state index contributed by atoms with van der Waals surface area (Å²) < 4.78 is 17.9. The minimum atomic E-state index is -0.271. The zero-order valence-electron chi connectivity index (χ0n) is 9.81. The van der Waals surface area contributed by atoms with Gasteiger partial charge in [0.15, 0.2) is 0 Å². The molecule has 0 aliphatic heterocycles. The highest BCUT2D eigenvalue weighted by Gasteiger charge is 2.03. The van der Waals surface area contributed by atoms with Crippen molar-refractivity contribution in [2.45, 2.75) is 0 Å². The minimum Gasteiger partial charge on any atom is -0.497 e. The van der Waals surface area contributed by atoms with Crippen LogP contribution in [-0.2, 0) is 0 Å². The van der Waals surface area contributed by atoms with E-state index < -0.39 is 0 Å². The van der Waals surface area contributed by atoms with Gasteiger partial charge in [-0.05, 0) is 36.4 Å². The van der Waals surface area contributed by atoms with Crippen molar-refractivity contribution >= 4 is 22.9 Å². The Morgan fingerprint density at radius 2 is 1.89 bits per heavy atom. The van der Waals surface area contributed by atoms with E-state index in [0.717, 1.165) is 17.0 Å². The van der Waals surface area contributed by atoms with Gasteiger partial charge in [0.05, 0.1) is 7.11 Å². The summed E-state index contributed by atoms with van der Waals surface area (Å²) >= 11 is 5.28. The summed E-state index contributed by atoms with van der Waals surface area (Å²) in [6.45, 7) is 0. The Morgan fingerprint density at radius 1 is 1.17 bits per heavy atom. The third-order valence-electron chi connectivity index (χ3n) is 2.43. The van der Waals surface area contributed by atoms with Crippen LogP contribution in [0, 0.1) is 5.82 Å². The number of anilines is 1. The van der Waals surface area contributed by atoms with E-state index in [9.17, 15) is 4.39 Å². The standard InChI is InChI=1S/C14H12FNOS/c1-17-13-4-2-3-10(9-13)14(18)16-12-7-5-11(15)6-8-12/h2-9H,1H3,(H,16,18). The number of hydrogen-bond acceptors (Lipinski definition) is 2. The molecule has 0 spiro atoms. The molecule has 2 rings (SSSR count). The lowest BCUT2D eigenvalue weighted by Crippen LogP contribution is -2.10. The third kappa shape index (κ3) is 3.05. The molecule has 2 nitrogen and oxygen atoms in total. The van der Waals surface area contributed by atoms with Gasteiger partial charge in [-0.3, -0.25) is 0 Å². The Hall–Kier alpha value is -1.94. The van der Waals surface area contributed by atoms with E-state index in [4.69, 9.17) is 17.0 Å². The summed E-state index contributed by atoms with van der Waals surface area (Å²) in [5, 5.41) is 3.05. The summed E-state index contributed by atoms with van der Waals surface area (Å²) in [6, 6.07) is 13.5. The quantitative estimate of drug-likeness (QED) is 0.853. The van der Waals surface area contributed by atoms with E-state index in [1.165, 1.54) is 12.1 Å². The molecule has 0 radical (unpaired) electrons. The van der Waals surface area contributed by atoms with Gasteiger partial charge in [-0.25, -0.2) is 4.39 Å². The molecule has 18 heavy (non-hydrogen) atoms. The fraction of sp³-hybridized carbons (Fsp3) is 0.0714. The Morgan fingerprint density at radius 3 is 2.56 bits per heavy atom. The zero-order chi connectivity index (χ0) is 13.0. The highest BCUT2D eigenvalue weighted by Crippen LogP contribution is 2.15. The van der Waals surface area contributed by atoms with Gasteiger partial charge < -0.3 is 10.1 Å². The maximum atomic E-state index is 12.8. The lowest BCUT2D eigenvalue weighted by Gasteiger charge is -2.09. The second-order valence-electron chi connectivity index (χ2n) is 3.69. The van der Waals surface area contributed by atoms with Crippen molar-refractivity contribution in [3.8, 4) is 5.75 Å². The largest absolute Gasteiger partial charge is 0.497 e. The van der Waals surface area contributed by atoms with E-state index in [-0.39, 0.29) is 5.82 Å². The van der Waals surface area contributed by atoms with E-state index in [0.29, 0.717) is 4.99 Å². The van der Waals surface area contributed by atoms with Crippen LogP contribution in [0.1, 0.15) is 5.56 Å². The van der Waals surface area contributed by atoms with E-state index in [2.05, 4.69) is 5.32 Å². The van der Waals surface area contributed by atoms with Gasteiger partial charge in [0, 0.05) is 11.3 Å². The van der Waals surface area contributed by atoms with E-state index in [1.54, 1.807) is 19.2 Å². The Balaban J connectivity index is 2.14. The fourth-order valence-electron chi connectivity index (χ4n) is 1.50. The van der Waals surface area contributed by atoms with Crippen molar-refractivity contribution in [3.63, 3.8) is 0 Å². The molecule has 2 aromatic carbocycles. The van der Waals surface area contributed by atoms with Crippen molar-refractivity contribution in [2.24, 2.45) is 0 Å². The molecule has 4 heteroatoms. The van der Waals surface area contributed by atoms with Crippen LogP contribution in [0.4, 0.5) is 10.1 Å². The number of hydrogen-bond donors (Lipinski definition) is 1. The first-order valence-electron chi connectivity index (χ1n) is 5.40. The molecular weight excluding hydrogens is 249 g/mol. The fourth-order valence-corrected chi connectivity index (χ4v) is 1.75. The molecule has 0 saturated carbocycles. The van der Waals surface area contributed by atoms with Gasteiger partial charge in [0.25, 0.3) is 0 Å². The summed E-state index contributed by atoms with van der Waals surface area (Å²) in [7, 11) is 1.61. The molecule has 0 unspecified atom stereocenters. The maximum absolute atomic E-state index is 12.8. The summed E-state index contributed by atoms with van der Waals surface area (Å²) in [4.78, 5) is 0.570. The first kappa shape index (κ1) is 12.5. The SMILES string of the molecule is COc1cccc(C(=S)Nc2ccc(F)cc2)c1. The van der Waals surface area contributed by atoms with Crippen LogP contribution < -0.4 is 10.1 Å². The van der Waals surface area contributed by atoms with E-state index in [1.807, 2.05) is 24.3 Å². The van der Waals surface area contributed by atoms with Crippen LogP contribution in [0.5, 0.6) is 5.75 Å². The molecule has 0 saturated heterocycles. The van der Waals surface area contributed by atoms with Crippen molar-refractivity contribution < 1.29 is 9.13 Å². The molecule has 0 atom stereocenters. The van der Waals surface area contributed by atoms with Crippen molar-refractivity contribution in [3.05, 3.63) is 59.9 Å². The lowest BCUT2D eigenvalue weighted by molar-refractivity contribution is 0.414. The van der Waals surface area contributed by atoms with Gasteiger partial charge in [-0.15, -0.1) is 0 Å². The number of methoxy groups -OCH3 is 1. The zero-order valence-corrected chi connectivity index (χ0v) is 10.6. The number of halogens is 1. The maximum Gasteiger partial charge on any atom is 0.123 e. The number of nitrogens with one attached hydrogen (secondary N) is 1. The van der Waals surface area contributed by atoms with Crippen molar-refractivity contribution in [1.29, 1.82) is 0 Å². The highest BCUT2D eigenvalue weighted by atomic mass is 32.1. The average molecular weight is 261 g/mol. The summed E-state index contributed by atoms with van der Waals surface area (Å²) in [6.07, 6.45) is 0. The molecule has 1 N–H and O–H groups in total. The summed E-state index contributed by atoms with van der Waals surface area (Å²) in [5.41, 5.74) is 1.61. The number of benzene rings is 2. The molecule has 0 aliphatic rings. The molecule has 2 aromatic rings. The first-order valence-corrected chi connectivity index (χ1v) is 5.81. The third-order valence-corrected chi connectivity index (χ3v) is 2.77.